The predicted molar refractivity (Wildman–Crippen MR) is 96.7 cm³/mol. The van der Waals surface area contributed by atoms with E-state index in [-0.39, 0.29) is 5.91 Å². The van der Waals surface area contributed by atoms with Crippen LogP contribution in [-0.4, -0.2) is 27.0 Å². The summed E-state index contributed by atoms with van der Waals surface area (Å²) < 4.78 is 1.99. The van der Waals surface area contributed by atoms with Crippen molar-refractivity contribution < 1.29 is 4.79 Å². The highest BCUT2D eigenvalue weighted by Crippen LogP contribution is 2.33. The largest absolute Gasteiger partial charge is 0.352 e. The number of fused-ring (bicyclic) bond motifs is 1. The van der Waals surface area contributed by atoms with E-state index < -0.39 is 0 Å². The molecular weight excluding hydrogens is 312 g/mol. The van der Waals surface area contributed by atoms with Crippen LogP contribution in [0, 0.1) is 0 Å². The molecule has 1 aliphatic carbocycles. The summed E-state index contributed by atoms with van der Waals surface area (Å²) in [6.07, 6.45) is 7.52. The Balaban J connectivity index is 1.46. The molecule has 0 saturated heterocycles. The predicted octanol–water partition coefficient (Wildman–Crippen LogP) is 3.36. The summed E-state index contributed by atoms with van der Waals surface area (Å²) in [7, 11) is 0. The fraction of sp³-hybridized carbons (Fsp3) is 0.350. The van der Waals surface area contributed by atoms with Crippen LogP contribution in [0.15, 0.2) is 48.7 Å². The van der Waals surface area contributed by atoms with E-state index in [9.17, 15) is 4.79 Å². The molecule has 0 unspecified atom stereocenters. The first-order valence-electron chi connectivity index (χ1n) is 8.98. The second-order valence-corrected chi connectivity index (χ2v) is 6.68. The zero-order valence-electron chi connectivity index (χ0n) is 14.2. The third kappa shape index (κ3) is 3.40. The molecule has 128 valence electrons. The summed E-state index contributed by atoms with van der Waals surface area (Å²) >= 11 is 0. The van der Waals surface area contributed by atoms with Gasteiger partial charge in [-0.1, -0.05) is 43.2 Å². The number of pyridine rings is 1. The summed E-state index contributed by atoms with van der Waals surface area (Å²) in [4.78, 5) is 12.5. The van der Waals surface area contributed by atoms with Crippen molar-refractivity contribution in [1.82, 2.24) is 19.9 Å². The highest BCUT2D eigenvalue weighted by atomic mass is 16.1. The maximum Gasteiger partial charge on any atom is 0.252 e. The molecule has 3 aromatic rings. The average molecular weight is 334 g/mol. The lowest BCUT2D eigenvalue weighted by atomic mass is 10.1. The van der Waals surface area contributed by atoms with E-state index in [1.165, 1.54) is 18.4 Å². The number of aromatic nitrogens is 3. The Labute approximate surface area is 147 Å². The van der Waals surface area contributed by atoms with Crippen molar-refractivity contribution in [1.29, 1.82) is 0 Å². The Morgan fingerprint density at radius 3 is 2.68 bits per heavy atom. The van der Waals surface area contributed by atoms with Crippen LogP contribution in [-0.2, 0) is 6.42 Å². The molecule has 1 amide bonds. The molecule has 0 bridgehead atoms. The first-order chi connectivity index (χ1) is 12.3. The SMILES string of the molecule is O=C(NCCc1ccccc1)c1ccc2nnc(C3CCCC3)n2c1. The fourth-order valence-electron chi connectivity index (χ4n) is 3.57. The van der Waals surface area contributed by atoms with Crippen LogP contribution < -0.4 is 5.32 Å². The van der Waals surface area contributed by atoms with Gasteiger partial charge in [-0.2, -0.15) is 0 Å². The molecule has 2 aromatic heterocycles. The minimum absolute atomic E-state index is 0.0519. The van der Waals surface area contributed by atoms with E-state index in [1.54, 1.807) is 0 Å². The maximum absolute atomic E-state index is 12.5. The second kappa shape index (κ2) is 7.05. The average Bonchev–Trinajstić information content (AvgIpc) is 3.31. The van der Waals surface area contributed by atoms with Gasteiger partial charge in [0.2, 0.25) is 0 Å². The van der Waals surface area contributed by atoms with Crippen molar-refractivity contribution in [3.63, 3.8) is 0 Å². The van der Waals surface area contributed by atoms with E-state index in [0.29, 0.717) is 18.0 Å². The summed E-state index contributed by atoms with van der Waals surface area (Å²) in [5, 5.41) is 11.6. The zero-order valence-corrected chi connectivity index (χ0v) is 14.2. The molecule has 0 atom stereocenters. The van der Waals surface area contributed by atoms with Gasteiger partial charge in [0, 0.05) is 18.7 Å². The van der Waals surface area contributed by atoms with Crippen molar-refractivity contribution in [2.45, 2.75) is 38.0 Å². The summed E-state index contributed by atoms with van der Waals surface area (Å²) in [5.74, 6) is 1.40. The van der Waals surface area contributed by atoms with E-state index in [0.717, 1.165) is 30.7 Å². The molecule has 25 heavy (non-hydrogen) atoms. The minimum Gasteiger partial charge on any atom is -0.352 e. The number of benzene rings is 1. The molecule has 1 N–H and O–H groups in total. The summed E-state index contributed by atoms with van der Waals surface area (Å²) in [5.41, 5.74) is 2.68. The summed E-state index contributed by atoms with van der Waals surface area (Å²) in [6.45, 7) is 0.624. The number of nitrogens with one attached hydrogen (secondary N) is 1. The smallest absolute Gasteiger partial charge is 0.252 e. The maximum atomic E-state index is 12.5. The van der Waals surface area contributed by atoms with E-state index in [4.69, 9.17) is 0 Å². The molecule has 1 aliphatic rings. The van der Waals surface area contributed by atoms with Crippen LogP contribution in [0.5, 0.6) is 0 Å². The van der Waals surface area contributed by atoms with Crippen LogP contribution in [0.25, 0.3) is 5.65 Å². The van der Waals surface area contributed by atoms with E-state index in [1.807, 2.05) is 40.9 Å². The lowest BCUT2D eigenvalue weighted by Crippen LogP contribution is -2.26. The van der Waals surface area contributed by atoms with Crippen molar-refractivity contribution in [2.75, 3.05) is 6.54 Å². The van der Waals surface area contributed by atoms with Gasteiger partial charge < -0.3 is 5.32 Å². The lowest BCUT2D eigenvalue weighted by Gasteiger charge is -2.09. The Hall–Kier alpha value is -2.69. The lowest BCUT2D eigenvalue weighted by molar-refractivity contribution is 0.0953. The molecule has 1 fully saturated rings. The Bertz CT molecular complexity index is 866. The molecule has 5 heteroatoms. The number of carbonyl (C=O) groups is 1. The minimum atomic E-state index is -0.0519. The Morgan fingerprint density at radius 2 is 1.88 bits per heavy atom. The number of hydrogen-bond acceptors (Lipinski definition) is 3. The zero-order chi connectivity index (χ0) is 17.1. The molecule has 0 radical (unpaired) electrons. The Kier molecular flexibility index (Phi) is 4.46. The van der Waals surface area contributed by atoms with Crippen LogP contribution >= 0.6 is 0 Å². The molecule has 5 nitrogen and oxygen atoms in total. The highest BCUT2D eigenvalue weighted by molar-refractivity contribution is 5.94. The normalized spacial score (nSPS) is 14.9. The van der Waals surface area contributed by atoms with Crippen molar-refractivity contribution in [2.24, 2.45) is 0 Å². The molecule has 1 saturated carbocycles. The van der Waals surface area contributed by atoms with Gasteiger partial charge in [-0.25, -0.2) is 0 Å². The van der Waals surface area contributed by atoms with Gasteiger partial charge in [-0.05, 0) is 37.0 Å². The van der Waals surface area contributed by atoms with Gasteiger partial charge in [-0.3, -0.25) is 9.20 Å². The van der Waals surface area contributed by atoms with Gasteiger partial charge in [0.25, 0.3) is 5.91 Å². The first-order valence-corrected chi connectivity index (χ1v) is 8.98. The molecule has 2 heterocycles. The van der Waals surface area contributed by atoms with Crippen molar-refractivity contribution in [3.05, 3.63) is 65.6 Å². The quantitative estimate of drug-likeness (QED) is 0.778. The highest BCUT2D eigenvalue weighted by Gasteiger charge is 2.22. The van der Waals surface area contributed by atoms with Gasteiger partial charge in [0.1, 0.15) is 5.82 Å². The van der Waals surface area contributed by atoms with Crippen molar-refractivity contribution in [3.8, 4) is 0 Å². The Morgan fingerprint density at radius 1 is 1.08 bits per heavy atom. The number of amides is 1. The molecular formula is C20H22N4O. The van der Waals surface area contributed by atoms with E-state index in [2.05, 4.69) is 27.6 Å². The standard InChI is InChI=1S/C20H22N4O/c25-20(21-13-12-15-6-2-1-3-7-15)17-10-11-18-22-23-19(24(18)14-17)16-8-4-5-9-16/h1-3,6-7,10-11,14,16H,4-5,8-9,12-13H2,(H,21,25). The van der Waals surface area contributed by atoms with Crippen LogP contribution in [0.2, 0.25) is 0 Å². The third-order valence-electron chi connectivity index (χ3n) is 4.95. The summed E-state index contributed by atoms with van der Waals surface area (Å²) in [6, 6.07) is 13.9. The monoisotopic (exact) mass is 334 g/mol. The molecule has 4 rings (SSSR count). The molecule has 1 aromatic carbocycles. The van der Waals surface area contributed by atoms with Gasteiger partial charge in [0.05, 0.1) is 5.56 Å². The number of nitrogens with zero attached hydrogens (tertiary/aromatic N) is 3. The van der Waals surface area contributed by atoms with Crippen LogP contribution in [0.1, 0.15) is 53.3 Å². The third-order valence-corrected chi connectivity index (χ3v) is 4.95. The number of hydrogen-bond donors (Lipinski definition) is 1. The number of carbonyl (C=O) groups excluding carboxylic acids is 1. The fourth-order valence-corrected chi connectivity index (χ4v) is 3.57. The molecule has 0 aliphatic heterocycles. The van der Waals surface area contributed by atoms with Gasteiger partial charge in [-0.15, -0.1) is 10.2 Å². The van der Waals surface area contributed by atoms with Gasteiger partial charge in [0.15, 0.2) is 5.65 Å². The van der Waals surface area contributed by atoms with Gasteiger partial charge >= 0.3 is 0 Å². The van der Waals surface area contributed by atoms with Crippen LogP contribution in [0.3, 0.4) is 0 Å². The number of rotatable bonds is 5. The second-order valence-electron chi connectivity index (χ2n) is 6.68. The first kappa shape index (κ1) is 15.8. The van der Waals surface area contributed by atoms with E-state index >= 15 is 0 Å². The van der Waals surface area contributed by atoms with Crippen LogP contribution in [0.4, 0.5) is 0 Å². The van der Waals surface area contributed by atoms with Crippen molar-refractivity contribution >= 4 is 11.6 Å². The molecule has 0 spiro atoms. The topological polar surface area (TPSA) is 59.3 Å².